The Hall–Kier alpha value is -2.60. The van der Waals surface area contributed by atoms with E-state index in [2.05, 4.69) is 29.6 Å². The van der Waals surface area contributed by atoms with Gasteiger partial charge in [-0.25, -0.2) is 18.1 Å². The van der Waals surface area contributed by atoms with Gasteiger partial charge in [-0.3, -0.25) is 0 Å². The van der Waals surface area contributed by atoms with Crippen molar-refractivity contribution in [3.8, 4) is 5.75 Å². The van der Waals surface area contributed by atoms with Gasteiger partial charge in [0, 0.05) is 37.9 Å². The van der Waals surface area contributed by atoms with Crippen molar-refractivity contribution in [3.05, 3.63) is 36.0 Å². The van der Waals surface area contributed by atoms with E-state index in [9.17, 15) is 21.6 Å². The highest BCUT2D eigenvalue weighted by molar-refractivity contribution is 7.89. The minimum atomic E-state index is -4.84. The fourth-order valence-electron chi connectivity index (χ4n) is 3.00. The summed E-state index contributed by atoms with van der Waals surface area (Å²) < 4.78 is 67.2. The number of nitrogens with zero attached hydrogens (tertiary/aromatic N) is 3. The van der Waals surface area contributed by atoms with Crippen molar-refractivity contribution in [2.24, 2.45) is 0 Å². The number of hydrogen-bond acceptors (Lipinski definition) is 7. The van der Waals surface area contributed by atoms with E-state index in [0.29, 0.717) is 5.95 Å². The van der Waals surface area contributed by atoms with Gasteiger partial charge >= 0.3 is 6.36 Å². The smallest absolute Gasteiger partial charge is 0.406 e. The van der Waals surface area contributed by atoms with E-state index in [1.807, 2.05) is 13.0 Å². The fraction of sp³-hybridized carbons (Fsp3) is 0.444. The molecule has 0 spiro atoms. The number of aryl methyl sites for hydroxylation is 1. The van der Waals surface area contributed by atoms with Gasteiger partial charge in [-0.15, -0.1) is 13.2 Å². The lowest BCUT2D eigenvalue weighted by atomic mass is 10.3. The average molecular weight is 445 g/mol. The first-order valence-electron chi connectivity index (χ1n) is 9.32. The molecule has 8 nitrogen and oxygen atoms in total. The molecule has 2 heterocycles. The molecule has 30 heavy (non-hydrogen) atoms. The number of sulfonamides is 1. The van der Waals surface area contributed by atoms with Gasteiger partial charge in [-0.1, -0.05) is 0 Å². The quantitative estimate of drug-likeness (QED) is 0.603. The number of alkyl halides is 3. The molecular formula is C18H22F3N5O3S. The SMILES string of the molecule is Cc1cc(N2CCCC2)nc(NCCNS(=O)(=O)c2ccc(OC(F)(F)F)cc2)n1. The minimum absolute atomic E-state index is 0.0412. The third-order valence-electron chi connectivity index (χ3n) is 4.34. The molecule has 1 aliphatic rings. The third-order valence-corrected chi connectivity index (χ3v) is 5.82. The van der Waals surface area contributed by atoms with Crippen LogP contribution in [0, 0.1) is 6.92 Å². The minimum Gasteiger partial charge on any atom is -0.406 e. The van der Waals surface area contributed by atoms with Crippen LogP contribution in [-0.2, 0) is 10.0 Å². The van der Waals surface area contributed by atoms with Gasteiger partial charge in [0.25, 0.3) is 0 Å². The summed E-state index contributed by atoms with van der Waals surface area (Å²) in [6.07, 6.45) is -2.59. The maximum Gasteiger partial charge on any atom is 0.573 e. The third kappa shape index (κ3) is 6.20. The van der Waals surface area contributed by atoms with Gasteiger partial charge in [0.1, 0.15) is 11.6 Å². The predicted octanol–water partition coefficient (Wildman–Crippen LogP) is 2.67. The van der Waals surface area contributed by atoms with Gasteiger partial charge in [-0.05, 0) is 44.0 Å². The summed E-state index contributed by atoms with van der Waals surface area (Å²) in [6.45, 7) is 4.03. The number of rotatable bonds is 8. The Labute approximate surface area is 172 Å². The Bertz CT molecular complexity index is 962. The lowest BCUT2D eigenvalue weighted by Crippen LogP contribution is -2.29. The molecule has 1 aliphatic heterocycles. The van der Waals surface area contributed by atoms with Crippen LogP contribution in [0.2, 0.25) is 0 Å². The predicted molar refractivity (Wildman–Crippen MR) is 105 cm³/mol. The zero-order chi connectivity index (χ0) is 21.8. The Balaban J connectivity index is 1.53. The molecule has 0 saturated carbocycles. The molecule has 1 fully saturated rings. The highest BCUT2D eigenvalue weighted by atomic mass is 32.2. The zero-order valence-electron chi connectivity index (χ0n) is 16.2. The van der Waals surface area contributed by atoms with Crippen LogP contribution >= 0.6 is 0 Å². The van der Waals surface area contributed by atoms with E-state index >= 15 is 0 Å². The molecule has 0 aliphatic carbocycles. The summed E-state index contributed by atoms with van der Waals surface area (Å²) >= 11 is 0. The highest BCUT2D eigenvalue weighted by Crippen LogP contribution is 2.24. The topological polar surface area (TPSA) is 96.5 Å². The number of ether oxygens (including phenoxy) is 1. The summed E-state index contributed by atoms with van der Waals surface area (Å²) in [4.78, 5) is 10.8. The van der Waals surface area contributed by atoms with E-state index < -0.39 is 22.1 Å². The molecule has 0 atom stereocenters. The molecule has 2 N–H and O–H groups in total. The van der Waals surface area contributed by atoms with E-state index in [1.54, 1.807) is 0 Å². The first kappa shape index (κ1) is 22.1. The van der Waals surface area contributed by atoms with Crippen LogP contribution in [0.3, 0.4) is 0 Å². The summed E-state index contributed by atoms with van der Waals surface area (Å²) in [5.41, 5.74) is 0.802. The summed E-state index contributed by atoms with van der Waals surface area (Å²) in [6, 6.07) is 5.89. The summed E-state index contributed by atoms with van der Waals surface area (Å²) in [5, 5.41) is 2.99. The molecule has 164 valence electrons. The van der Waals surface area contributed by atoms with Gasteiger partial charge in [0.15, 0.2) is 0 Å². The number of halogens is 3. The van der Waals surface area contributed by atoms with Gasteiger partial charge < -0.3 is 15.0 Å². The van der Waals surface area contributed by atoms with E-state index in [-0.39, 0.29) is 18.0 Å². The van der Waals surface area contributed by atoms with Crippen molar-refractivity contribution in [1.82, 2.24) is 14.7 Å². The van der Waals surface area contributed by atoms with Crippen LogP contribution in [0.1, 0.15) is 18.5 Å². The molecule has 0 bridgehead atoms. The second-order valence-electron chi connectivity index (χ2n) is 6.73. The molecule has 0 amide bonds. The molecule has 3 rings (SSSR count). The Kier molecular flexibility index (Phi) is 6.66. The van der Waals surface area contributed by atoms with Crippen LogP contribution < -0.4 is 19.7 Å². The average Bonchev–Trinajstić information content (AvgIpc) is 3.19. The monoisotopic (exact) mass is 445 g/mol. The number of nitrogens with one attached hydrogen (secondary N) is 2. The van der Waals surface area contributed by atoms with E-state index in [4.69, 9.17) is 0 Å². The lowest BCUT2D eigenvalue weighted by molar-refractivity contribution is -0.274. The van der Waals surface area contributed by atoms with Crippen LogP contribution in [0.4, 0.5) is 24.9 Å². The van der Waals surface area contributed by atoms with Crippen molar-refractivity contribution >= 4 is 21.8 Å². The molecule has 1 saturated heterocycles. The summed E-state index contributed by atoms with van der Waals surface area (Å²) in [7, 11) is -3.88. The molecule has 12 heteroatoms. The second-order valence-corrected chi connectivity index (χ2v) is 8.50. The normalized spacial score (nSPS) is 14.7. The van der Waals surface area contributed by atoms with Crippen LogP contribution in [0.5, 0.6) is 5.75 Å². The molecule has 1 aromatic heterocycles. The Morgan fingerprint density at radius 1 is 1.10 bits per heavy atom. The lowest BCUT2D eigenvalue weighted by Gasteiger charge is -2.17. The number of hydrogen-bond donors (Lipinski definition) is 2. The number of aromatic nitrogens is 2. The van der Waals surface area contributed by atoms with Crippen molar-refractivity contribution < 1.29 is 26.3 Å². The molecular weight excluding hydrogens is 423 g/mol. The van der Waals surface area contributed by atoms with Crippen LogP contribution in [0.15, 0.2) is 35.2 Å². The maximum atomic E-state index is 12.3. The number of benzene rings is 1. The largest absolute Gasteiger partial charge is 0.573 e. The van der Waals surface area contributed by atoms with Gasteiger partial charge in [-0.2, -0.15) is 4.98 Å². The number of anilines is 2. The van der Waals surface area contributed by atoms with Crippen molar-refractivity contribution in [1.29, 1.82) is 0 Å². The highest BCUT2D eigenvalue weighted by Gasteiger charge is 2.31. The molecule has 0 unspecified atom stereocenters. The van der Waals surface area contributed by atoms with E-state index in [0.717, 1.165) is 61.7 Å². The molecule has 1 aromatic carbocycles. The van der Waals surface area contributed by atoms with Crippen molar-refractivity contribution in [2.75, 3.05) is 36.4 Å². The Morgan fingerprint density at radius 2 is 1.77 bits per heavy atom. The van der Waals surface area contributed by atoms with Crippen molar-refractivity contribution in [2.45, 2.75) is 31.0 Å². The Morgan fingerprint density at radius 3 is 2.40 bits per heavy atom. The second kappa shape index (κ2) is 9.04. The summed E-state index contributed by atoms with van der Waals surface area (Å²) in [5.74, 6) is 0.752. The molecule has 2 aromatic rings. The van der Waals surface area contributed by atoms with Crippen LogP contribution in [-0.4, -0.2) is 50.9 Å². The molecule has 0 radical (unpaired) electrons. The van der Waals surface area contributed by atoms with E-state index in [1.165, 1.54) is 0 Å². The maximum absolute atomic E-state index is 12.3. The van der Waals surface area contributed by atoms with Crippen molar-refractivity contribution in [3.63, 3.8) is 0 Å². The first-order chi connectivity index (χ1) is 14.1. The zero-order valence-corrected chi connectivity index (χ0v) is 17.1. The fourth-order valence-corrected chi connectivity index (χ4v) is 4.03. The van der Waals surface area contributed by atoms with Crippen LogP contribution in [0.25, 0.3) is 0 Å². The first-order valence-corrected chi connectivity index (χ1v) is 10.8. The van der Waals surface area contributed by atoms with Gasteiger partial charge in [0.05, 0.1) is 4.90 Å². The standard InChI is InChI=1S/C18H22F3N5O3S/c1-13-12-16(26-10-2-3-11-26)25-17(24-13)22-8-9-23-30(27,28)15-6-4-14(5-7-15)29-18(19,20)21/h4-7,12,23H,2-3,8-11H2,1H3,(H,22,24,25). The van der Waals surface area contributed by atoms with Gasteiger partial charge in [0.2, 0.25) is 16.0 Å².